The van der Waals surface area contributed by atoms with Crippen molar-refractivity contribution in [1.29, 1.82) is 0 Å². The molecule has 4 aromatic rings. The summed E-state index contributed by atoms with van der Waals surface area (Å²) in [6.07, 6.45) is -0.159. The Morgan fingerprint density at radius 2 is 1.16 bits per heavy atom. The van der Waals surface area contributed by atoms with Gasteiger partial charge in [-0.1, -0.05) is 97.1 Å². The van der Waals surface area contributed by atoms with Crippen LogP contribution in [0.5, 0.6) is 11.5 Å². The van der Waals surface area contributed by atoms with Crippen LogP contribution in [0.15, 0.2) is 109 Å². The standard InChI is InChI=1S/C35H36N2O6/c1-25(29-15-9-4-10-16-29)36-33(38)19-20-34(39)37-30(35(40)41)21-28-17-18-31(42-23-26-11-5-2-6-12-26)32(22-28)43-24-27-13-7-3-8-14-27/h2-18,22,25,30H,19-21,23-24H2,1H3,(H,36,38)(H,37,39)(H,40,41)/t25-,30+/m1/s1. The van der Waals surface area contributed by atoms with Gasteiger partial charge in [-0.3, -0.25) is 9.59 Å². The van der Waals surface area contributed by atoms with Crippen molar-refractivity contribution in [3.8, 4) is 11.5 Å². The summed E-state index contributed by atoms with van der Waals surface area (Å²) in [4.78, 5) is 37.0. The number of carboxylic acids is 1. The van der Waals surface area contributed by atoms with Gasteiger partial charge in [-0.15, -0.1) is 0 Å². The Hall–Kier alpha value is -5.11. The highest BCUT2D eigenvalue weighted by molar-refractivity contribution is 5.87. The molecule has 0 saturated heterocycles. The Balaban J connectivity index is 1.37. The number of ether oxygens (including phenoxy) is 2. The summed E-state index contributed by atoms with van der Waals surface area (Å²) in [7, 11) is 0. The molecule has 2 atom stereocenters. The first kappa shape index (κ1) is 30.8. The lowest BCUT2D eigenvalue weighted by molar-refractivity contribution is -0.141. The van der Waals surface area contributed by atoms with E-state index in [-0.39, 0.29) is 31.2 Å². The molecule has 3 N–H and O–H groups in total. The van der Waals surface area contributed by atoms with Gasteiger partial charge in [0, 0.05) is 19.3 Å². The van der Waals surface area contributed by atoms with Crippen molar-refractivity contribution in [2.24, 2.45) is 0 Å². The van der Waals surface area contributed by atoms with Crippen molar-refractivity contribution < 1.29 is 29.0 Å². The highest BCUT2D eigenvalue weighted by atomic mass is 16.5. The lowest BCUT2D eigenvalue weighted by Crippen LogP contribution is -2.42. The minimum atomic E-state index is -1.18. The number of nitrogens with one attached hydrogen (secondary N) is 2. The first-order valence-corrected chi connectivity index (χ1v) is 14.2. The van der Waals surface area contributed by atoms with Gasteiger partial charge in [-0.2, -0.15) is 0 Å². The number of hydrogen-bond acceptors (Lipinski definition) is 5. The first-order chi connectivity index (χ1) is 20.9. The second kappa shape index (κ2) is 15.8. The van der Waals surface area contributed by atoms with Gasteiger partial charge in [0.1, 0.15) is 19.3 Å². The van der Waals surface area contributed by atoms with Gasteiger partial charge in [-0.05, 0) is 41.3 Å². The van der Waals surface area contributed by atoms with E-state index in [1.54, 1.807) is 18.2 Å². The van der Waals surface area contributed by atoms with Crippen LogP contribution < -0.4 is 20.1 Å². The second-order valence-electron chi connectivity index (χ2n) is 10.2. The SMILES string of the molecule is C[C@@H](NC(=O)CCC(=O)N[C@@H](Cc1ccc(OCc2ccccc2)c(OCc2ccccc2)c1)C(=O)O)c1ccccc1. The zero-order chi connectivity index (χ0) is 30.4. The molecule has 0 aliphatic heterocycles. The Morgan fingerprint density at radius 3 is 1.72 bits per heavy atom. The van der Waals surface area contributed by atoms with Crippen LogP contribution in [0.25, 0.3) is 0 Å². The molecule has 8 heteroatoms. The molecule has 222 valence electrons. The van der Waals surface area contributed by atoms with E-state index >= 15 is 0 Å². The van der Waals surface area contributed by atoms with Crippen LogP contribution in [-0.4, -0.2) is 28.9 Å². The van der Waals surface area contributed by atoms with Crippen LogP contribution >= 0.6 is 0 Å². The molecule has 0 aliphatic carbocycles. The maximum atomic E-state index is 12.6. The maximum Gasteiger partial charge on any atom is 0.326 e. The number of amides is 2. The summed E-state index contributed by atoms with van der Waals surface area (Å²) in [5.74, 6) is -0.984. The number of aliphatic carboxylic acids is 1. The number of rotatable bonds is 15. The Bertz CT molecular complexity index is 1480. The number of benzene rings is 4. The van der Waals surface area contributed by atoms with E-state index in [1.165, 1.54) is 0 Å². The normalized spacial score (nSPS) is 12.0. The maximum absolute atomic E-state index is 12.6. The van der Waals surface area contributed by atoms with Crippen LogP contribution in [0.2, 0.25) is 0 Å². The molecule has 0 aromatic heterocycles. The quantitative estimate of drug-likeness (QED) is 0.168. The van der Waals surface area contributed by atoms with Gasteiger partial charge in [-0.25, -0.2) is 4.79 Å². The monoisotopic (exact) mass is 580 g/mol. The summed E-state index contributed by atoms with van der Waals surface area (Å²) < 4.78 is 12.1. The molecular weight excluding hydrogens is 544 g/mol. The number of carbonyl (C=O) groups is 3. The molecule has 4 aromatic carbocycles. The average molecular weight is 581 g/mol. The predicted molar refractivity (Wildman–Crippen MR) is 163 cm³/mol. The zero-order valence-electron chi connectivity index (χ0n) is 24.1. The van der Waals surface area contributed by atoms with Crippen molar-refractivity contribution in [1.82, 2.24) is 10.6 Å². The van der Waals surface area contributed by atoms with Crippen molar-refractivity contribution in [3.63, 3.8) is 0 Å². The highest BCUT2D eigenvalue weighted by Crippen LogP contribution is 2.30. The van der Waals surface area contributed by atoms with Gasteiger partial charge in [0.2, 0.25) is 11.8 Å². The Morgan fingerprint density at radius 1 is 0.651 bits per heavy atom. The molecule has 0 spiro atoms. The summed E-state index contributed by atoms with van der Waals surface area (Å²) in [5, 5.41) is 15.3. The third-order valence-corrected chi connectivity index (χ3v) is 6.81. The van der Waals surface area contributed by atoms with Crippen LogP contribution in [-0.2, 0) is 34.0 Å². The molecule has 0 saturated carbocycles. The molecule has 0 fully saturated rings. The van der Waals surface area contributed by atoms with Crippen molar-refractivity contribution in [2.75, 3.05) is 0 Å². The summed E-state index contributed by atoms with van der Waals surface area (Å²) in [6, 6.07) is 32.8. The van der Waals surface area contributed by atoms with Crippen molar-refractivity contribution in [3.05, 3.63) is 131 Å². The van der Waals surface area contributed by atoms with Crippen LogP contribution in [0.3, 0.4) is 0 Å². The average Bonchev–Trinajstić information content (AvgIpc) is 3.03. The third kappa shape index (κ3) is 10.0. The van der Waals surface area contributed by atoms with E-state index in [9.17, 15) is 19.5 Å². The molecule has 2 amide bonds. The highest BCUT2D eigenvalue weighted by Gasteiger charge is 2.22. The predicted octanol–water partition coefficient (Wildman–Crippen LogP) is 5.61. The van der Waals surface area contributed by atoms with Gasteiger partial charge in [0.15, 0.2) is 11.5 Å². The fourth-order valence-electron chi connectivity index (χ4n) is 4.45. The van der Waals surface area contributed by atoms with E-state index in [0.29, 0.717) is 30.3 Å². The van der Waals surface area contributed by atoms with Crippen LogP contribution in [0, 0.1) is 0 Å². The van der Waals surface area contributed by atoms with E-state index in [4.69, 9.17) is 9.47 Å². The Labute approximate surface area is 251 Å². The molecule has 0 heterocycles. The minimum Gasteiger partial charge on any atom is -0.485 e. The zero-order valence-corrected chi connectivity index (χ0v) is 24.1. The van der Waals surface area contributed by atoms with E-state index in [2.05, 4.69) is 10.6 Å². The summed E-state index contributed by atoms with van der Waals surface area (Å²) in [6.45, 7) is 2.51. The smallest absolute Gasteiger partial charge is 0.326 e. The minimum absolute atomic E-state index is 0.0268. The molecule has 0 unspecified atom stereocenters. The molecule has 4 rings (SSSR count). The van der Waals surface area contributed by atoms with Crippen molar-refractivity contribution in [2.45, 2.75) is 51.5 Å². The molecule has 0 radical (unpaired) electrons. The second-order valence-corrected chi connectivity index (χ2v) is 10.2. The van der Waals surface area contributed by atoms with Gasteiger partial charge in [0.05, 0.1) is 6.04 Å². The molecule has 43 heavy (non-hydrogen) atoms. The Kier molecular flexibility index (Phi) is 11.3. The first-order valence-electron chi connectivity index (χ1n) is 14.2. The van der Waals surface area contributed by atoms with Crippen LogP contribution in [0.4, 0.5) is 0 Å². The fraction of sp³-hybridized carbons (Fsp3) is 0.229. The van der Waals surface area contributed by atoms with Gasteiger partial charge < -0.3 is 25.2 Å². The topological polar surface area (TPSA) is 114 Å². The lowest BCUT2D eigenvalue weighted by Gasteiger charge is -2.18. The van der Waals surface area contributed by atoms with E-state index in [0.717, 1.165) is 16.7 Å². The fourth-order valence-corrected chi connectivity index (χ4v) is 4.45. The number of hydrogen-bond donors (Lipinski definition) is 3. The molecule has 0 bridgehead atoms. The summed E-state index contributed by atoms with van der Waals surface area (Å²) in [5.41, 5.74) is 3.57. The number of carbonyl (C=O) groups excluding carboxylic acids is 2. The summed E-state index contributed by atoms with van der Waals surface area (Å²) >= 11 is 0. The van der Waals surface area contributed by atoms with Gasteiger partial charge >= 0.3 is 5.97 Å². The molecule has 8 nitrogen and oxygen atoms in total. The number of carboxylic acid groups (broad SMARTS) is 1. The molecule has 0 aliphatic rings. The van der Waals surface area contributed by atoms with Crippen LogP contribution in [0.1, 0.15) is 48.1 Å². The van der Waals surface area contributed by atoms with E-state index in [1.807, 2.05) is 97.9 Å². The molecular formula is C35H36N2O6. The van der Waals surface area contributed by atoms with E-state index < -0.39 is 17.9 Å². The lowest BCUT2D eigenvalue weighted by atomic mass is 10.0. The van der Waals surface area contributed by atoms with Gasteiger partial charge in [0.25, 0.3) is 0 Å². The third-order valence-electron chi connectivity index (χ3n) is 6.81. The largest absolute Gasteiger partial charge is 0.485 e. The van der Waals surface area contributed by atoms with Crippen molar-refractivity contribution >= 4 is 17.8 Å².